The third-order valence-electron chi connectivity index (χ3n) is 6.73. The third kappa shape index (κ3) is 8.21. The normalized spacial score (nSPS) is 12.0. The summed E-state index contributed by atoms with van der Waals surface area (Å²) in [6.07, 6.45) is 0.186. The van der Waals surface area contributed by atoms with Crippen LogP contribution in [-0.4, -0.2) is 43.8 Å². The number of carbonyl (C=O) groups is 2. The molecule has 1 atom stereocenters. The number of hydrogen-bond acceptors (Lipinski definition) is 4. The van der Waals surface area contributed by atoms with Crippen LogP contribution in [0, 0.1) is 5.82 Å². The molecule has 4 aromatic carbocycles. The van der Waals surface area contributed by atoms with E-state index in [-0.39, 0.29) is 35.5 Å². The molecule has 0 heterocycles. The van der Waals surface area contributed by atoms with Crippen LogP contribution in [-0.2, 0) is 32.6 Å². The maximum atomic E-state index is 14.3. The van der Waals surface area contributed by atoms with Crippen LogP contribution < -0.4 is 9.62 Å². The molecule has 1 N–H and O–H groups in total. The predicted octanol–water partition coefficient (Wildman–Crippen LogP) is 5.84. The average Bonchev–Trinajstić information content (AvgIpc) is 2.99. The van der Waals surface area contributed by atoms with Gasteiger partial charge in [0, 0.05) is 24.0 Å². The second-order valence-electron chi connectivity index (χ2n) is 10.3. The Morgan fingerprint density at radius 1 is 0.837 bits per heavy atom. The van der Waals surface area contributed by atoms with E-state index in [1.54, 1.807) is 54.6 Å². The summed E-state index contributed by atoms with van der Waals surface area (Å²) in [7, 11) is -4.31. The van der Waals surface area contributed by atoms with Gasteiger partial charge in [-0.3, -0.25) is 13.9 Å². The predicted molar refractivity (Wildman–Crippen MR) is 167 cm³/mol. The second-order valence-corrected chi connectivity index (χ2v) is 12.6. The lowest BCUT2D eigenvalue weighted by atomic mass is 10.0. The molecular formula is C33H33ClFN3O4S. The molecule has 4 rings (SSSR count). The number of carbonyl (C=O) groups excluding carboxylic acids is 2. The van der Waals surface area contributed by atoms with E-state index in [0.717, 1.165) is 34.1 Å². The summed E-state index contributed by atoms with van der Waals surface area (Å²) < 4.78 is 42.4. The lowest BCUT2D eigenvalue weighted by Crippen LogP contribution is -2.54. The van der Waals surface area contributed by atoms with Gasteiger partial charge in [-0.15, -0.1) is 0 Å². The molecule has 4 aromatic rings. The molecule has 0 radical (unpaired) electrons. The van der Waals surface area contributed by atoms with E-state index in [0.29, 0.717) is 10.6 Å². The van der Waals surface area contributed by atoms with Crippen molar-refractivity contribution in [3.05, 3.63) is 131 Å². The quantitative estimate of drug-likeness (QED) is 0.215. The maximum Gasteiger partial charge on any atom is 0.264 e. The Kier molecular flexibility index (Phi) is 10.6. The zero-order valence-corrected chi connectivity index (χ0v) is 25.4. The van der Waals surface area contributed by atoms with Gasteiger partial charge in [0.2, 0.25) is 11.8 Å². The summed E-state index contributed by atoms with van der Waals surface area (Å²) in [5.41, 5.74) is 1.66. The monoisotopic (exact) mass is 621 g/mol. The van der Waals surface area contributed by atoms with Gasteiger partial charge >= 0.3 is 0 Å². The Morgan fingerprint density at radius 2 is 1.42 bits per heavy atom. The molecule has 0 aliphatic heterocycles. The Balaban J connectivity index is 1.79. The first-order valence-electron chi connectivity index (χ1n) is 13.8. The number of benzene rings is 4. The molecule has 0 unspecified atom stereocenters. The lowest BCUT2D eigenvalue weighted by Gasteiger charge is -2.34. The molecule has 0 aromatic heterocycles. The van der Waals surface area contributed by atoms with Crippen molar-refractivity contribution in [3.8, 4) is 0 Å². The van der Waals surface area contributed by atoms with E-state index >= 15 is 0 Å². The molecule has 0 fully saturated rings. The Hall–Kier alpha value is -4.21. The minimum Gasteiger partial charge on any atom is -0.352 e. The number of hydrogen-bond donors (Lipinski definition) is 1. The number of amides is 2. The summed E-state index contributed by atoms with van der Waals surface area (Å²) in [6, 6.07) is 27.7. The van der Waals surface area contributed by atoms with Crippen molar-refractivity contribution in [2.45, 2.75) is 43.8 Å². The van der Waals surface area contributed by atoms with Crippen LogP contribution in [0.25, 0.3) is 0 Å². The molecule has 0 aliphatic carbocycles. The van der Waals surface area contributed by atoms with Gasteiger partial charge in [-0.1, -0.05) is 78.3 Å². The molecule has 43 heavy (non-hydrogen) atoms. The molecule has 0 aliphatic rings. The van der Waals surface area contributed by atoms with E-state index in [2.05, 4.69) is 5.32 Å². The highest BCUT2D eigenvalue weighted by molar-refractivity contribution is 7.92. The summed E-state index contributed by atoms with van der Waals surface area (Å²) in [5, 5.41) is 3.32. The van der Waals surface area contributed by atoms with E-state index in [1.165, 1.54) is 4.90 Å². The van der Waals surface area contributed by atoms with E-state index < -0.39 is 34.3 Å². The Labute approximate surface area is 257 Å². The van der Waals surface area contributed by atoms with Crippen LogP contribution >= 0.6 is 11.6 Å². The fourth-order valence-corrected chi connectivity index (χ4v) is 6.21. The van der Waals surface area contributed by atoms with Gasteiger partial charge in [0.1, 0.15) is 18.4 Å². The van der Waals surface area contributed by atoms with Gasteiger partial charge < -0.3 is 10.2 Å². The van der Waals surface area contributed by atoms with Gasteiger partial charge in [-0.05, 0) is 67.4 Å². The summed E-state index contributed by atoms with van der Waals surface area (Å²) in [4.78, 5) is 29.2. The first kappa shape index (κ1) is 31.7. The fraction of sp³-hybridized carbons (Fsp3) is 0.212. The molecular weight excluding hydrogens is 589 g/mol. The van der Waals surface area contributed by atoms with Crippen LogP contribution in [0.15, 0.2) is 114 Å². The number of nitrogens with zero attached hydrogens (tertiary/aromatic N) is 2. The zero-order chi connectivity index (χ0) is 31.0. The minimum atomic E-state index is -4.31. The van der Waals surface area contributed by atoms with Crippen molar-refractivity contribution in [3.63, 3.8) is 0 Å². The smallest absolute Gasteiger partial charge is 0.264 e. The van der Waals surface area contributed by atoms with Crippen molar-refractivity contribution >= 4 is 39.1 Å². The van der Waals surface area contributed by atoms with Crippen LogP contribution in [0.2, 0.25) is 5.02 Å². The number of para-hydroxylation sites is 1. The average molecular weight is 622 g/mol. The van der Waals surface area contributed by atoms with Crippen molar-refractivity contribution < 1.29 is 22.4 Å². The lowest BCUT2D eigenvalue weighted by molar-refractivity contribution is -0.140. The standard InChI is InChI=1S/C33H33ClFN3O4S/c1-24(2)36-33(40)31(21-25-11-5-3-6-12-25)37(22-26-13-9-10-16-30(26)34)32(39)23-38(28-14-7-4-8-15-28)43(41,42)29-19-17-27(35)18-20-29/h3-20,24,31H,21-23H2,1-2H3,(H,36,40)/t31-/m0/s1. The SMILES string of the molecule is CC(C)NC(=O)[C@H](Cc1ccccc1)N(Cc1ccccc1Cl)C(=O)CN(c1ccccc1)S(=O)(=O)c1ccc(F)cc1. The second kappa shape index (κ2) is 14.3. The van der Waals surface area contributed by atoms with E-state index in [4.69, 9.17) is 11.6 Å². The molecule has 2 amide bonds. The number of anilines is 1. The van der Waals surface area contributed by atoms with Gasteiger partial charge in [-0.2, -0.15) is 0 Å². The molecule has 0 saturated heterocycles. The highest BCUT2D eigenvalue weighted by Crippen LogP contribution is 2.26. The van der Waals surface area contributed by atoms with Crippen LogP contribution in [0.3, 0.4) is 0 Å². The Bertz CT molecular complexity index is 1640. The van der Waals surface area contributed by atoms with Crippen LogP contribution in [0.4, 0.5) is 10.1 Å². The van der Waals surface area contributed by atoms with Crippen molar-refractivity contribution in [2.24, 2.45) is 0 Å². The number of halogens is 2. The summed E-state index contributed by atoms with van der Waals surface area (Å²) >= 11 is 6.49. The highest BCUT2D eigenvalue weighted by atomic mass is 35.5. The fourth-order valence-electron chi connectivity index (χ4n) is 4.60. The highest BCUT2D eigenvalue weighted by Gasteiger charge is 2.35. The van der Waals surface area contributed by atoms with Gasteiger partial charge in [0.05, 0.1) is 10.6 Å². The minimum absolute atomic E-state index is 0.0409. The van der Waals surface area contributed by atoms with Gasteiger partial charge in [-0.25, -0.2) is 12.8 Å². The first-order chi connectivity index (χ1) is 20.6. The molecule has 0 bridgehead atoms. The molecule has 224 valence electrons. The van der Waals surface area contributed by atoms with Gasteiger partial charge in [0.25, 0.3) is 10.0 Å². The summed E-state index contributed by atoms with van der Waals surface area (Å²) in [5.74, 6) is -1.59. The zero-order valence-electron chi connectivity index (χ0n) is 23.9. The first-order valence-corrected chi connectivity index (χ1v) is 15.6. The van der Waals surface area contributed by atoms with Crippen molar-refractivity contribution in [1.29, 1.82) is 0 Å². The number of sulfonamides is 1. The maximum absolute atomic E-state index is 14.3. The number of nitrogens with one attached hydrogen (secondary N) is 1. The number of rotatable bonds is 12. The third-order valence-corrected chi connectivity index (χ3v) is 8.88. The molecule has 0 saturated carbocycles. The van der Waals surface area contributed by atoms with E-state index in [1.807, 2.05) is 44.2 Å². The van der Waals surface area contributed by atoms with Crippen molar-refractivity contribution in [1.82, 2.24) is 10.2 Å². The molecule has 10 heteroatoms. The largest absolute Gasteiger partial charge is 0.352 e. The van der Waals surface area contributed by atoms with Crippen LogP contribution in [0.5, 0.6) is 0 Å². The van der Waals surface area contributed by atoms with Gasteiger partial charge in [0.15, 0.2) is 0 Å². The van der Waals surface area contributed by atoms with Crippen LogP contribution in [0.1, 0.15) is 25.0 Å². The topological polar surface area (TPSA) is 86.8 Å². The van der Waals surface area contributed by atoms with E-state index in [9.17, 15) is 22.4 Å². The molecule has 7 nitrogen and oxygen atoms in total. The Morgan fingerprint density at radius 3 is 2.02 bits per heavy atom. The van der Waals surface area contributed by atoms with Crippen molar-refractivity contribution in [2.75, 3.05) is 10.8 Å². The molecule has 0 spiro atoms. The summed E-state index contributed by atoms with van der Waals surface area (Å²) in [6.45, 7) is 2.99.